The first kappa shape index (κ1) is 8.65. The summed E-state index contributed by atoms with van der Waals surface area (Å²) in [5.41, 5.74) is 1.15. The van der Waals surface area contributed by atoms with Crippen LogP contribution in [0.3, 0.4) is 0 Å². The third kappa shape index (κ3) is 2.97. The maximum absolute atomic E-state index is 4.22. The second-order valence-electron chi connectivity index (χ2n) is 2.46. The van der Waals surface area contributed by atoms with Crippen molar-refractivity contribution < 1.29 is 0 Å². The number of hydrogen-bond acceptors (Lipinski definition) is 2. The first-order valence-electron chi connectivity index (χ1n) is 3.91. The monoisotopic (exact) mass is 170 g/mol. The topological polar surface area (TPSA) is 28.7 Å². The summed E-state index contributed by atoms with van der Waals surface area (Å²) in [4.78, 5) is 7.43. The zero-order chi connectivity index (χ0) is 8.10. The molecule has 0 fully saturated rings. The van der Waals surface area contributed by atoms with Crippen molar-refractivity contribution in [2.75, 3.05) is 11.5 Å². The Morgan fingerprint density at radius 2 is 2.45 bits per heavy atom. The normalized spacial score (nSPS) is 10.4. The van der Waals surface area contributed by atoms with Gasteiger partial charge in [0.2, 0.25) is 0 Å². The number of aryl methyl sites for hydroxylation is 2. The van der Waals surface area contributed by atoms with Crippen LogP contribution in [-0.2, 0) is 6.42 Å². The van der Waals surface area contributed by atoms with Gasteiger partial charge in [0.15, 0.2) is 0 Å². The predicted molar refractivity (Wildman–Crippen MR) is 50.0 cm³/mol. The van der Waals surface area contributed by atoms with Crippen LogP contribution in [0.1, 0.15) is 18.4 Å². The van der Waals surface area contributed by atoms with Gasteiger partial charge in [-0.3, -0.25) is 0 Å². The van der Waals surface area contributed by atoms with Crippen LogP contribution < -0.4 is 0 Å². The Labute approximate surface area is 71.8 Å². The van der Waals surface area contributed by atoms with Crippen molar-refractivity contribution in [1.29, 1.82) is 0 Å². The molecule has 0 atom stereocenters. The van der Waals surface area contributed by atoms with Crippen molar-refractivity contribution in [2.24, 2.45) is 0 Å². The van der Waals surface area contributed by atoms with Crippen LogP contribution >= 0.6 is 11.8 Å². The van der Waals surface area contributed by atoms with Gasteiger partial charge in [-0.15, -0.1) is 0 Å². The van der Waals surface area contributed by atoms with Crippen molar-refractivity contribution in [2.45, 2.75) is 20.3 Å². The Morgan fingerprint density at radius 3 is 3.00 bits per heavy atom. The van der Waals surface area contributed by atoms with Gasteiger partial charge in [-0.1, -0.05) is 6.92 Å². The fourth-order valence-corrected chi connectivity index (χ4v) is 1.53. The molecule has 1 heterocycles. The quantitative estimate of drug-likeness (QED) is 0.700. The second kappa shape index (κ2) is 4.44. The minimum absolute atomic E-state index is 1.06. The highest BCUT2D eigenvalue weighted by atomic mass is 32.2. The van der Waals surface area contributed by atoms with E-state index in [0.29, 0.717) is 0 Å². The number of aromatic nitrogens is 2. The number of imidazole rings is 1. The fraction of sp³-hybridized carbons (Fsp3) is 0.625. The molecule has 0 aromatic carbocycles. The van der Waals surface area contributed by atoms with Crippen LogP contribution in [0.15, 0.2) is 6.20 Å². The SMILES string of the molecule is CCSCCc1ncc(C)[nH]1. The summed E-state index contributed by atoms with van der Waals surface area (Å²) < 4.78 is 0. The summed E-state index contributed by atoms with van der Waals surface area (Å²) >= 11 is 1.95. The average Bonchev–Trinajstić information content (AvgIpc) is 2.37. The van der Waals surface area contributed by atoms with E-state index < -0.39 is 0 Å². The lowest BCUT2D eigenvalue weighted by atomic mass is 10.5. The Balaban J connectivity index is 2.27. The molecule has 0 bridgehead atoms. The van der Waals surface area contributed by atoms with Crippen molar-refractivity contribution in [3.05, 3.63) is 17.7 Å². The van der Waals surface area contributed by atoms with Gasteiger partial charge >= 0.3 is 0 Å². The van der Waals surface area contributed by atoms with Crippen LogP contribution in [0, 0.1) is 6.92 Å². The summed E-state index contributed by atoms with van der Waals surface area (Å²) in [5, 5.41) is 0. The molecule has 0 aliphatic heterocycles. The lowest BCUT2D eigenvalue weighted by molar-refractivity contribution is 0.991. The molecule has 1 aromatic rings. The molecule has 62 valence electrons. The summed E-state index contributed by atoms with van der Waals surface area (Å²) in [5.74, 6) is 3.48. The third-order valence-corrected chi connectivity index (χ3v) is 2.34. The molecule has 0 saturated carbocycles. The molecule has 1 N–H and O–H groups in total. The number of nitrogens with zero attached hydrogens (tertiary/aromatic N) is 1. The summed E-state index contributed by atoms with van der Waals surface area (Å²) in [6.07, 6.45) is 2.94. The summed E-state index contributed by atoms with van der Waals surface area (Å²) in [7, 11) is 0. The van der Waals surface area contributed by atoms with Crippen LogP contribution in [0.25, 0.3) is 0 Å². The number of thioether (sulfide) groups is 1. The molecule has 0 amide bonds. The van der Waals surface area contributed by atoms with Crippen LogP contribution in [0.5, 0.6) is 0 Å². The van der Waals surface area contributed by atoms with Gasteiger partial charge in [0.05, 0.1) is 0 Å². The molecule has 0 radical (unpaired) electrons. The molecule has 0 aliphatic carbocycles. The number of hydrogen-bond donors (Lipinski definition) is 1. The minimum Gasteiger partial charge on any atom is -0.346 e. The average molecular weight is 170 g/mol. The maximum atomic E-state index is 4.22. The van der Waals surface area contributed by atoms with E-state index in [2.05, 4.69) is 16.9 Å². The van der Waals surface area contributed by atoms with Gasteiger partial charge < -0.3 is 4.98 Å². The zero-order valence-corrected chi connectivity index (χ0v) is 7.87. The molecule has 3 heteroatoms. The van der Waals surface area contributed by atoms with Gasteiger partial charge in [-0.25, -0.2) is 4.98 Å². The van der Waals surface area contributed by atoms with E-state index in [1.165, 1.54) is 11.5 Å². The lowest BCUT2D eigenvalue weighted by Crippen LogP contribution is -1.91. The highest BCUT2D eigenvalue weighted by Gasteiger charge is 1.95. The Morgan fingerprint density at radius 1 is 1.64 bits per heavy atom. The van der Waals surface area contributed by atoms with E-state index in [4.69, 9.17) is 0 Å². The van der Waals surface area contributed by atoms with Gasteiger partial charge in [-0.2, -0.15) is 11.8 Å². The molecule has 0 aliphatic rings. The minimum atomic E-state index is 1.06. The molecule has 0 saturated heterocycles. The van der Waals surface area contributed by atoms with Crippen molar-refractivity contribution in [3.8, 4) is 0 Å². The van der Waals surface area contributed by atoms with E-state index in [1.807, 2.05) is 24.9 Å². The number of aromatic amines is 1. The zero-order valence-electron chi connectivity index (χ0n) is 7.05. The van der Waals surface area contributed by atoms with Gasteiger partial charge in [0.25, 0.3) is 0 Å². The third-order valence-electron chi connectivity index (χ3n) is 1.44. The van der Waals surface area contributed by atoms with Crippen molar-refractivity contribution in [3.63, 3.8) is 0 Å². The highest BCUT2D eigenvalue weighted by molar-refractivity contribution is 7.99. The highest BCUT2D eigenvalue weighted by Crippen LogP contribution is 2.03. The van der Waals surface area contributed by atoms with Gasteiger partial charge in [-0.05, 0) is 12.7 Å². The fourth-order valence-electron chi connectivity index (χ4n) is 0.907. The summed E-state index contributed by atoms with van der Waals surface area (Å²) in [6.45, 7) is 4.21. The van der Waals surface area contributed by atoms with E-state index in [0.717, 1.165) is 17.9 Å². The molecule has 0 spiro atoms. The number of rotatable bonds is 4. The lowest BCUT2D eigenvalue weighted by Gasteiger charge is -1.94. The van der Waals surface area contributed by atoms with Crippen molar-refractivity contribution in [1.82, 2.24) is 9.97 Å². The standard InChI is InChI=1S/C8H14N2S/c1-3-11-5-4-8-9-6-7(2)10-8/h6H,3-5H2,1-2H3,(H,9,10). The molecule has 1 rings (SSSR count). The van der Waals surface area contributed by atoms with Crippen LogP contribution in [0.2, 0.25) is 0 Å². The van der Waals surface area contributed by atoms with E-state index in [-0.39, 0.29) is 0 Å². The number of nitrogens with one attached hydrogen (secondary N) is 1. The Hall–Kier alpha value is -0.440. The largest absolute Gasteiger partial charge is 0.346 e. The maximum Gasteiger partial charge on any atom is 0.107 e. The molecular weight excluding hydrogens is 156 g/mol. The van der Waals surface area contributed by atoms with Gasteiger partial charge in [0.1, 0.15) is 5.82 Å². The first-order valence-corrected chi connectivity index (χ1v) is 5.06. The van der Waals surface area contributed by atoms with E-state index in [9.17, 15) is 0 Å². The second-order valence-corrected chi connectivity index (χ2v) is 3.85. The van der Waals surface area contributed by atoms with Crippen LogP contribution in [-0.4, -0.2) is 21.5 Å². The smallest absolute Gasteiger partial charge is 0.107 e. The summed E-state index contributed by atoms with van der Waals surface area (Å²) in [6, 6.07) is 0. The Kier molecular flexibility index (Phi) is 3.49. The molecule has 0 unspecified atom stereocenters. The first-order chi connectivity index (χ1) is 5.33. The van der Waals surface area contributed by atoms with E-state index in [1.54, 1.807) is 0 Å². The van der Waals surface area contributed by atoms with Crippen LogP contribution in [0.4, 0.5) is 0 Å². The van der Waals surface area contributed by atoms with Crippen molar-refractivity contribution >= 4 is 11.8 Å². The molecule has 1 aromatic heterocycles. The van der Waals surface area contributed by atoms with E-state index >= 15 is 0 Å². The Bertz CT molecular complexity index is 208. The number of H-pyrrole nitrogens is 1. The predicted octanol–water partition coefficient (Wildman–Crippen LogP) is 2.01. The van der Waals surface area contributed by atoms with Gasteiger partial charge in [0, 0.05) is 24.1 Å². The molecule has 2 nitrogen and oxygen atoms in total. The molecular formula is C8H14N2S. The molecule has 11 heavy (non-hydrogen) atoms.